The Balaban J connectivity index is 1.81. The molecule has 0 aliphatic carbocycles. The maximum absolute atomic E-state index is 13.0. The molecule has 7 nitrogen and oxygen atoms in total. The Hall–Kier alpha value is -2.52. The van der Waals surface area contributed by atoms with Gasteiger partial charge in [0.05, 0.1) is 11.7 Å². The molecular formula is C14H17F3N6O. The summed E-state index contributed by atoms with van der Waals surface area (Å²) in [7, 11) is 1.37. The van der Waals surface area contributed by atoms with E-state index in [9.17, 15) is 18.0 Å². The summed E-state index contributed by atoms with van der Waals surface area (Å²) in [6.45, 7) is 0.457. The van der Waals surface area contributed by atoms with Crippen molar-refractivity contribution in [3.8, 4) is 0 Å². The van der Waals surface area contributed by atoms with Gasteiger partial charge in [0.2, 0.25) is 0 Å². The fourth-order valence-corrected chi connectivity index (χ4v) is 2.89. The molecule has 3 rings (SSSR count). The molecule has 1 aliphatic rings. The third-order valence-electron chi connectivity index (χ3n) is 3.94. The van der Waals surface area contributed by atoms with Crippen molar-refractivity contribution in [2.24, 2.45) is 7.05 Å². The monoisotopic (exact) mass is 342 g/mol. The molecule has 1 aliphatic heterocycles. The molecule has 2 amide bonds. The number of aromatic amines is 1. The van der Waals surface area contributed by atoms with E-state index in [1.165, 1.54) is 11.9 Å². The zero-order valence-electron chi connectivity index (χ0n) is 13.0. The number of hydrogen-bond donors (Lipinski definition) is 2. The summed E-state index contributed by atoms with van der Waals surface area (Å²) in [6, 6.07) is -0.866. The van der Waals surface area contributed by atoms with Gasteiger partial charge in [0.15, 0.2) is 5.69 Å². The Labute approximate surface area is 135 Å². The highest BCUT2D eigenvalue weighted by atomic mass is 19.4. The van der Waals surface area contributed by atoms with Crippen LogP contribution in [-0.2, 0) is 13.2 Å². The van der Waals surface area contributed by atoms with Crippen molar-refractivity contribution in [3.05, 3.63) is 30.1 Å². The van der Waals surface area contributed by atoms with Crippen LogP contribution in [0.15, 0.2) is 18.6 Å². The number of nitrogens with zero attached hydrogens (tertiary/aromatic N) is 4. The predicted molar refractivity (Wildman–Crippen MR) is 79.1 cm³/mol. The SMILES string of the molecule is Cn1cc(NC(=O)N2CCCCC2c2ncc[nH]2)c(C(F)(F)F)n1. The number of halogens is 3. The van der Waals surface area contributed by atoms with E-state index in [2.05, 4.69) is 20.4 Å². The second-order valence-electron chi connectivity index (χ2n) is 5.67. The molecule has 130 valence electrons. The van der Waals surface area contributed by atoms with E-state index < -0.39 is 17.9 Å². The van der Waals surface area contributed by atoms with Crippen LogP contribution < -0.4 is 5.32 Å². The lowest BCUT2D eigenvalue weighted by Gasteiger charge is -2.34. The highest BCUT2D eigenvalue weighted by molar-refractivity contribution is 5.90. The molecule has 1 atom stereocenters. The van der Waals surface area contributed by atoms with Crippen LogP contribution in [0.1, 0.15) is 36.8 Å². The van der Waals surface area contributed by atoms with Crippen molar-refractivity contribution in [2.45, 2.75) is 31.5 Å². The molecule has 0 bridgehead atoms. The molecule has 1 saturated heterocycles. The maximum atomic E-state index is 13.0. The van der Waals surface area contributed by atoms with Gasteiger partial charge in [-0.2, -0.15) is 18.3 Å². The number of aryl methyl sites for hydroxylation is 1. The average Bonchev–Trinajstić information content (AvgIpc) is 3.16. The first-order chi connectivity index (χ1) is 11.4. The van der Waals surface area contributed by atoms with Crippen LogP contribution in [0.4, 0.5) is 23.7 Å². The first kappa shape index (κ1) is 16.3. The van der Waals surface area contributed by atoms with Crippen molar-refractivity contribution in [1.29, 1.82) is 0 Å². The summed E-state index contributed by atoms with van der Waals surface area (Å²) in [6.07, 6.45) is 2.18. The molecule has 2 aromatic rings. The number of likely N-dealkylation sites (tertiary alicyclic amines) is 1. The van der Waals surface area contributed by atoms with E-state index in [-0.39, 0.29) is 11.7 Å². The molecule has 2 N–H and O–H groups in total. The van der Waals surface area contributed by atoms with Crippen molar-refractivity contribution in [3.63, 3.8) is 0 Å². The second kappa shape index (κ2) is 6.17. The van der Waals surface area contributed by atoms with Crippen LogP contribution in [0.25, 0.3) is 0 Å². The van der Waals surface area contributed by atoms with Crippen LogP contribution in [0.2, 0.25) is 0 Å². The molecule has 2 aromatic heterocycles. The minimum atomic E-state index is -4.63. The largest absolute Gasteiger partial charge is 0.437 e. The van der Waals surface area contributed by atoms with Gasteiger partial charge in [0.1, 0.15) is 5.82 Å². The van der Waals surface area contributed by atoms with Gasteiger partial charge in [-0.25, -0.2) is 9.78 Å². The molecule has 0 saturated carbocycles. The number of alkyl halides is 3. The number of urea groups is 1. The highest BCUT2D eigenvalue weighted by Gasteiger charge is 2.38. The smallest absolute Gasteiger partial charge is 0.347 e. The van der Waals surface area contributed by atoms with Gasteiger partial charge in [-0.05, 0) is 19.3 Å². The third kappa shape index (κ3) is 3.22. The standard InChI is InChI=1S/C14H17F3N6O/c1-22-8-9(11(21-22)14(15,16)17)20-13(24)23-7-3-2-4-10(23)12-18-5-6-19-12/h5-6,8,10H,2-4,7H2,1H3,(H,18,19)(H,20,24). The van der Waals surface area contributed by atoms with Crippen molar-refractivity contribution in [1.82, 2.24) is 24.6 Å². The van der Waals surface area contributed by atoms with E-state index in [0.717, 1.165) is 23.7 Å². The van der Waals surface area contributed by atoms with Crippen LogP contribution in [0.3, 0.4) is 0 Å². The highest BCUT2D eigenvalue weighted by Crippen LogP contribution is 2.34. The molecular weight excluding hydrogens is 325 g/mol. The number of imidazole rings is 1. The molecule has 3 heterocycles. The third-order valence-corrected chi connectivity index (χ3v) is 3.94. The van der Waals surface area contributed by atoms with Crippen LogP contribution >= 0.6 is 0 Å². The first-order valence-electron chi connectivity index (χ1n) is 7.54. The quantitative estimate of drug-likeness (QED) is 0.881. The van der Waals surface area contributed by atoms with Crippen molar-refractivity contribution in [2.75, 3.05) is 11.9 Å². The molecule has 1 unspecified atom stereocenters. The molecule has 1 fully saturated rings. The van der Waals surface area contributed by atoms with Crippen LogP contribution in [0, 0.1) is 0 Å². The predicted octanol–water partition coefficient (Wildman–Crippen LogP) is 2.92. The summed E-state index contributed by atoms with van der Waals surface area (Å²) >= 11 is 0. The van der Waals surface area contributed by atoms with Gasteiger partial charge in [0.25, 0.3) is 0 Å². The van der Waals surface area contributed by atoms with Gasteiger partial charge in [-0.15, -0.1) is 0 Å². The van der Waals surface area contributed by atoms with E-state index in [1.54, 1.807) is 12.4 Å². The molecule has 24 heavy (non-hydrogen) atoms. The fourth-order valence-electron chi connectivity index (χ4n) is 2.89. The number of hydrogen-bond acceptors (Lipinski definition) is 3. The summed E-state index contributed by atoms with van der Waals surface area (Å²) < 4.78 is 40.0. The van der Waals surface area contributed by atoms with E-state index in [4.69, 9.17) is 0 Å². The number of rotatable bonds is 2. The van der Waals surface area contributed by atoms with Crippen LogP contribution in [-0.4, -0.2) is 37.2 Å². The average molecular weight is 342 g/mol. The van der Waals surface area contributed by atoms with Gasteiger partial charge in [-0.3, -0.25) is 4.68 Å². The maximum Gasteiger partial charge on any atom is 0.437 e. The number of amides is 2. The molecule has 0 radical (unpaired) electrons. The van der Waals surface area contributed by atoms with Gasteiger partial charge in [-0.1, -0.05) is 0 Å². The Morgan fingerprint density at radius 1 is 1.42 bits per heavy atom. The number of H-pyrrole nitrogens is 1. The number of piperidine rings is 1. The summed E-state index contributed by atoms with van der Waals surface area (Å²) in [5.74, 6) is 0.632. The number of aromatic nitrogens is 4. The molecule has 0 aromatic carbocycles. The Kier molecular flexibility index (Phi) is 4.20. The Morgan fingerprint density at radius 2 is 2.21 bits per heavy atom. The Bertz CT molecular complexity index is 709. The minimum Gasteiger partial charge on any atom is -0.347 e. The van der Waals surface area contributed by atoms with E-state index >= 15 is 0 Å². The van der Waals surface area contributed by atoms with E-state index in [1.807, 2.05) is 0 Å². The molecule has 0 spiro atoms. The summed E-state index contributed by atoms with van der Waals surface area (Å²) in [5.41, 5.74) is -1.45. The summed E-state index contributed by atoms with van der Waals surface area (Å²) in [4.78, 5) is 21.2. The van der Waals surface area contributed by atoms with Gasteiger partial charge < -0.3 is 15.2 Å². The van der Waals surface area contributed by atoms with E-state index in [0.29, 0.717) is 18.8 Å². The zero-order chi connectivity index (χ0) is 17.3. The lowest BCUT2D eigenvalue weighted by Crippen LogP contribution is -2.41. The number of anilines is 1. The lowest BCUT2D eigenvalue weighted by molar-refractivity contribution is -0.140. The topological polar surface area (TPSA) is 78.8 Å². The number of carbonyl (C=O) groups is 1. The summed E-state index contributed by atoms with van der Waals surface area (Å²) in [5, 5.41) is 5.73. The van der Waals surface area contributed by atoms with Crippen molar-refractivity contribution < 1.29 is 18.0 Å². The number of carbonyl (C=O) groups excluding carboxylic acids is 1. The van der Waals surface area contributed by atoms with Gasteiger partial charge in [0, 0.05) is 32.2 Å². The normalized spacial score (nSPS) is 18.7. The first-order valence-corrected chi connectivity index (χ1v) is 7.54. The lowest BCUT2D eigenvalue weighted by atomic mass is 10.0. The Morgan fingerprint density at radius 3 is 2.88 bits per heavy atom. The van der Waals surface area contributed by atoms with Crippen LogP contribution in [0.5, 0.6) is 0 Å². The fraction of sp³-hybridized carbons (Fsp3) is 0.500. The van der Waals surface area contributed by atoms with Gasteiger partial charge >= 0.3 is 12.2 Å². The minimum absolute atomic E-state index is 0.278. The second-order valence-corrected chi connectivity index (χ2v) is 5.67. The molecule has 10 heteroatoms. The van der Waals surface area contributed by atoms with Crippen molar-refractivity contribution >= 4 is 11.7 Å². The zero-order valence-corrected chi connectivity index (χ0v) is 13.0. The number of nitrogens with one attached hydrogen (secondary N) is 2.